The Hall–Kier alpha value is -0.480. The molecule has 0 aliphatic carbocycles. The summed E-state index contributed by atoms with van der Waals surface area (Å²) in [6, 6.07) is 0. The number of carbonyl (C=O) groups excluding carboxylic acids is 1. The van der Waals surface area contributed by atoms with E-state index in [4.69, 9.17) is 0 Å². The van der Waals surface area contributed by atoms with Crippen LogP contribution in [-0.2, 0) is 4.79 Å². The molecule has 2 N–H and O–H groups in total. The summed E-state index contributed by atoms with van der Waals surface area (Å²) in [5, 5.41) is 12.3. The molecule has 12 heavy (non-hydrogen) atoms. The van der Waals surface area contributed by atoms with Gasteiger partial charge in [-0.3, -0.25) is 4.79 Å². The van der Waals surface area contributed by atoms with E-state index in [1.54, 1.807) is 17.8 Å². The molecule has 1 aliphatic rings. The number of hydrogen-bond acceptors (Lipinski definition) is 3. The van der Waals surface area contributed by atoms with Crippen LogP contribution in [0.3, 0.4) is 0 Å². The first-order valence-electron chi connectivity index (χ1n) is 3.88. The molecule has 3 nitrogen and oxygen atoms in total. The van der Waals surface area contributed by atoms with Gasteiger partial charge in [-0.15, -0.1) is 6.58 Å². The molecule has 1 saturated heterocycles. The van der Waals surface area contributed by atoms with Crippen molar-refractivity contribution in [3.8, 4) is 0 Å². The van der Waals surface area contributed by atoms with E-state index in [9.17, 15) is 9.90 Å². The minimum absolute atomic E-state index is 0.271. The highest BCUT2D eigenvalue weighted by Crippen LogP contribution is 2.27. The molecule has 1 rings (SSSR count). The van der Waals surface area contributed by atoms with E-state index in [-0.39, 0.29) is 5.91 Å². The summed E-state index contributed by atoms with van der Waals surface area (Å²) < 4.78 is 0. The minimum Gasteiger partial charge on any atom is -0.379 e. The first-order valence-corrected chi connectivity index (χ1v) is 5.04. The maximum Gasteiger partial charge on any atom is 0.253 e. The summed E-state index contributed by atoms with van der Waals surface area (Å²) in [4.78, 5) is 11.3. The van der Waals surface area contributed by atoms with Crippen LogP contribution in [0.5, 0.6) is 0 Å². The van der Waals surface area contributed by atoms with Crippen molar-refractivity contribution < 1.29 is 9.90 Å². The normalized spacial score (nSPS) is 28.4. The van der Waals surface area contributed by atoms with E-state index >= 15 is 0 Å². The predicted molar refractivity (Wildman–Crippen MR) is 50.1 cm³/mol. The van der Waals surface area contributed by atoms with Crippen molar-refractivity contribution in [2.75, 3.05) is 18.1 Å². The predicted octanol–water partition coefficient (Wildman–Crippen LogP) is 0.157. The molecule has 0 aromatic heterocycles. The van der Waals surface area contributed by atoms with Gasteiger partial charge in [-0.05, 0) is 12.2 Å². The van der Waals surface area contributed by atoms with Gasteiger partial charge < -0.3 is 10.4 Å². The zero-order valence-corrected chi connectivity index (χ0v) is 7.69. The zero-order valence-electron chi connectivity index (χ0n) is 6.88. The van der Waals surface area contributed by atoms with E-state index in [0.717, 1.165) is 5.75 Å². The van der Waals surface area contributed by atoms with Gasteiger partial charge in [0, 0.05) is 12.3 Å². The molecule has 0 radical (unpaired) electrons. The molecule has 0 saturated carbocycles. The van der Waals surface area contributed by atoms with Crippen molar-refractivity contribution in [2.24, 2.45) is 0 Å². The fourth-order valence-corrected chi connectivity index (χ4v) is 2.30. The highest BCUT2D eigenvalue weighted by atomic mass is 32.2. The lowest BCUT2D eigenvalue weighted by atomic mass is 10.0. The van der Waals surface area contributed by atoms with Crippen LogP contribution in [-0.4, -0.2) is 34.7 Å². The molecule has 4 heteroatoms. The lowest BCUT2D eigenvalue weighted by molar-refractivity contribution is -0.136. The average molecular weight is 187 g/mol. The smallest absolute Gasteiger partial charge is 0.253 e. The first kappa shape index (κ1) is 9.61. The van der Waals surface area contributed by atoms with Crippen LogP contribution in [0.15, 0.2) is 12.7 Å². The quantitative estimate of drug-likeness (QED) is 0.619. The Morgan fingerprint density at radius 1 is 1.83 bits per heavy atom. The molecule has 1 atom stereocenters. The SMILES string of the molecule is C=CCNC(=O)C1(O)CCSC1. The van der Waals surface area contributed by atoms with Gasteiger partial charge in [0.15, 0.2) is 5.60 Å². The summed E-state index contributed by atoms with van der Waals surface area (Å²) in [5.41, 5.74) is -1.13. The summed E-state index contributed by atoms with van der Waals surface area (Å²) in [6.07, 6.45) is 2.16. The fraction of sp³-hybridized carbons (Fsp3) is 0.625. The third-order valence-electron chi connectivity index (χ3n) is 1.83. The third kappa shape index (κ3) is 2.01. The molecule has 0 bridgehead atoms. The number of rotatable bonds is 3. The Balaban J connectivity index is 2.44. The second kappa shape index (κ2) is 3.96. The van der Waals surface area contributed by atoms with Crippen LogP contribution in [0.2, 0.25) is 0 Å². The number of aliphatic hydroxyl groups is 1. The van der Waals surface area contributed by atoms with Crippen LogP contribution in [0.4, 0.5) is 0 Å². The van der Waals surface area contributed by atoms with Gasteiger partial charge in [0.25, 0.3) is 5.91 Å². The number of thioether (sulfide) groups is 1. The van der Waals surface area contributed by atoms with Crippen LogP contribution < -0.4 is 5.32 Å². The molecular formula is C8H13NO2S. The van der Waals surface area contributed by atoms with Crippen LogP contribution in [0.1, 0.15) is 6.42 Å². The van der Waals surface area contributed by atoms with Crippen molar-refractivity contribution in [2.45, 2.75) is 12.0 Å². The second-order valence-electron chi connectivity index (χ2n) is 2.83. The Kier molecular flexibility index (Phi) is 3.17. The van der Waals surface area contributed by atoms with Crippen molar-refractivity contribution in [1.29, 1.82) is 0 Å². The molecule has 0 spiro atoms. The van der Waals surface area contributed by atoms with Gasteiger partial charge in [0.1, 0.15) is 0 Å². The molecule has 0 aromatic carbocycles. The Bertz CT molecular complexity index is 187. The van der Waals surface area contributed by atoms with Crippen molar-refractivity contribution in [3.63, 3.8) is 0 Å². The number of carbonyl (C=O) groups is 1. The molecule has 1 fully saturated rings. The van der Waals surface area contributed by atoms with Gasteiger partial charge in [0.05, 0.1) is 0 Å². The van der Waals surface area contributed by atoms with Crippen molar-refractivity contribution in [1.82, 2.24) is 5.32 Å². The first-order chi connectivity index (χ1) is 5.69. The summed E-state index contributed by atoms with van der Waals surface area (Å²) in [7, 11) is 0. The fourth-order valence-electron chi connectivity index (χ4n) is 1.06. The Labute approximate surface area is 76.2 Å². The van der Waals surface area contributed by atoms with Crippen molar-refractivity contribution in [3.05, 3.63) is 12.7 Å². The maximum absolute atomic E-state index is 11.3. The minimum atomic E-state index is -1.13. The summed E-state index contributed by atoms with van der Waals surface area (Å²) >= 11 is 1.61. The average Bonchev–Trinajstić information content (AvgIpc) is 2.49. The number of amides is 1. The highest BCUT2D eigenvalue weighted by molar-refractivity contribution is 7.99. The van der Waals surface area contributed by atoms with Gasteiger partial charge >= 0.3 is 0 Å². The highest BCUT2D eigenvalue weighted by Gasteiger charge is 2.38. The van der Waals surface area contributed by atoms with Crippen LogP contribution in [0, 0.1) is 0 Å². The van der Waals surface area contributed by atoms with Gasteiger partial charge in [-0.1, -0.05) is 6.08 Å². The second-order valence-corrected chi connectivity index (χ2v) is 3.94. The topological polar surface area (TPSA) is 49.3 Å². The van der Waals surface area contributed by atoms with E-state index < -0.39 is 5.60 Å². The molecule has 1 heterocycles. The summed E-state index contributed by atoms with van der Waals surface area (Å²) in [5.74, 6) is 1.10. The molecule has 1 unspecified atom stereocenters. The number of nitrogens with one attached hydrogen (secondary N) is 1. The Morgan fingerprint density at radius 3 is 3.08 bits per heavy atom. The Morgan fingerprint density at radius 2 is 2.58 bits per heavy atom. The monoisotopic (exact) mass is 187 g/mol. The molecule has 1 amide bonds. The molecule has 68 valence electrons. The maximum atomic E-state index is 11.3. The molecular weight excluding hydrogens is 174 g/mol. The van der Waals surface area contributed by atoms with Crippen LogP contribution >= 0.6 is 11.8 Å². The molecule has 1 aliphatic heterocycles. The van der Waals surface area contributed by atoms with E-state index in [0.29, 0.717) is 18.7 Å². The lowest BCUT2D eigenvalue weighted by Crippen LogP contribution is -2.46. The largest absolute Gasteiger partial charge is 0.379 e. The standard InChI is InChI=1S/C8H13NO2S/c1-2-4-9-7(10)8(11)3-5-12-6-8/h2,11H,1,3-6H2,(H,9,10). The summed E-state index contributed by atoms with van der Waals surface area (Å²) in [6.45, 7) is 3.90. The lowest BCUT2D eigenvalue weighted by Gasteiger charge is -2.19. The van der Waals surface area contributed by atoms with E-state index in [1.165, 1.54) is 0 Å². The number of hydrogen-bond donors (Lipinski definition) is 2. The van der Waals surface area contributed by atoms with E-state index in [2.05, 4.69) is 11.9 Å². The van der Waals surface area contributed by atoms with Gasteiger partial charge in [-0.2, -0.15) is 11.8 Å². The van der Waals surface area contributed by atoms with E-state index in [1.807, 2.05) is 0 Å². The third-order valence-corrected chi connectivity index (χ3v) is 3.00. The van der Waals surface area contributed by atoms with Gasteiger partial charge in [-0.25, -0.2) is 0 Å². The van der Waals surface area contributed by atoms with Gasteiger partial charge in [0.2, 0.25) is 0 Å². The molecule has 0 aromatic rings. The van der Waals surface area contributed by atoms with Crippen molar-refractivity contribution >= 4 is 17.7 Å². The van der Waals surface area contributed by atoms with Crippen LogP contribution in [0.25, 0.3) is 0 Å². The zero-order chi connectivity index (χ0) is 9.03.